The predicted octanol–water partition coefficient (Wildman–Crippen LogP) is 6.27. The summed E-state index contributed by atoms with van der Waals surface area (Å²) in [6.07, 6.45) is -4.44. The van der Waals surface area contributed by atoms with E-state index in [1.807, 2.05) is 11.4 Å². The third kappa shape index (κ3) is 6.49. The van der Waals surface area contributed by atoms with Crippen LogP contribution in [0.25, 0.3) is 32.6 Å². The molecule has 0 atom stereocenters. The van der Waals surface area contributed by atoms with Crippen molar-refractivity contribution in [3.8, 4) is 28.3 Å². The van der Waals surface area contributed by atoms with E-state index in [0.717, 1.165) is 40.9 Å². The minimum Gasteiger partial charge on any atom is -0.490 e. The molecule has 1 aliphatic heterocycles. The van der Waals surface area contributed by atoms with E-state index in [0.29, 0.717) is 11.3 Å². The number of halogens is 4. The first-order valence-corrected chi connectivity index (χ1v) is 15.2. The maximum absolute atomic E-state index is 14.2. The van der Waals surface area contributed by atoms with E-state index >= 15 is 0 Å². The third-order valence-corrected chi connectivity index (χ3v) is 8.81. The SMILES string of the molecule is O=C(NCCOCCOc1cc(F)ccc1-c1nnc(-c2ccc3c(c2)CCNC3)c2ccsc12)OCC1(C(F)(F)F)CC1. The minimum absolute atomic E-state index is 0.0383. The van der Waals surface area contributed by atoms with E-state index in [-0.39, 0.29) is 45.0 Å². The van der Waals surface area contributed by atoms with Gasteiger partial charge < -0.3 is 24.8 Å². The van der Waals surface area contributed by atoms with Gasteiger partial charge in [0.15, 0.2) is 0 Å². The molecule has 8 nitrogen and oxygen atoms in total. The number of aromatic nitrogens is 2. The van der Waals surface area contributed by atoms with Crippen molar-refractivity contribution in [2.75, 3.05) is 39.5 Å². The zero-order valence-electron chi connectivity index (χ0n) is 23.6. The van der Waals surface area contributed by atoms with Crippen LogP contribution in [0.2, 0.25) is 0 Å². The van der Waals surface area contributed by atoms with Crippen molar-refractivity contribution in [1.82, 2.24) is 20.8 Å². The highest BCUT2D eigenvalue weighted by Crippen LogP contribution is 2.57. The molecule has 13 heteroatoms. The number of ether oxygens (including phenoxy) is 3. The van der Waals surface area contributed by atoms with Crippen LogP contribution in [0.4, 0.5) is 22.4 Å². The zero-order valence-corrected chi connectivity index (χ0v) is 24.5. The summed E-state index contributed by atoms with van der Waals surface area (Å²) in [6.45, 7) is 1.43. The summed E-state index contributed by atoms with van der Waals surface area (Å²) < 4.78 is 70.0. The van der Waals surface area contributed by atoms with Gasteiger partial charge in [0, 0.05) is 35.7 Å². The van der Waals surface area contributed by atoms with Gasteiger partial charge in [0.05, 0.1) is 17.9 Å². The van der Waals surface area contributed by atoms with Gasteiger partial charge in [-0.1, -0.05) is 12.1 Å². The Hall–Kier alpha value is -3.81. The monoisotopic (exact) mass is 630 g/mol. The summed E-state index contributed by atoms with van der Waals surface area (Å²) in [5.41, 5.74) is 3.63. The molecule has 0 unspecified atom stereocenters. The van der Waals surface area contributed by atoms with Crippen LogP contribution in [0.5, 0.6) is 5.75 Å². The number of carbonyl (C=O) groups is 1. The van der Waals surface area contributed by atoms with Crippen molar-refractivity contribution >= 4 is 27.5 Å². The van der Waals surface area contributed by atoms with Gasteiger partial charge in [-0.05, 0) is 66.6 Å². The molecule has 3 heterocycles. The van der Waals surface area contributed by atoms with Crippen LogP contribution in [0.1, 0.15) is 24.0 Å². The second-order valence-electron chi connectivity index (χ2n) is 10.9. The summed E-state index contributed by atoms with van der Waals surface area (Å²) in [5, 5.41) is 17.8. The lowest BCUT2D eigenvalue weighted by Gasteiger charge is -2.18. The lowest BCUT2D eigenvalue weighted by atomic mass is 9.96. The van der Waals surface area contributed by atoms with Crippen LogP contribution in [0.3, 0.4) is 0 Å². The molecule has 1 saturated carbocycles. The average molecular weight is 631 g/mol. The molecular formula is C31H30F4N4O4S. The highest BCUT2D eigenvalue weighted by Gasteiger charge is 2.64. The van der Waals surface area contributed by atoms with Crippen molar-refractivity contribution in [1.29, 1.82) is 0 Å². The number of fused-ring (bicyclic) bond motifs is 2. The molecule has 1 fully saturated rings. The first-order chi connectivity index (χ1) is 21.2. The van der Waals surface area contributed by atoms with E-state index in [9.17, 15) is 22.4 Å². The summed E-state index contributed by atoms with van der Waals surface area (Å²) in [4.78, 5) is 11.7. The topological polar surface area (TPSA) is 94.6 Å². The van der Waals surface area contributed by atoms with E-state index in [1.165, 1.54) is 34.6 Å². The van der Waals surface area contributed by atoms with Crippen LogP contribution in [-0.4, -0.2) is 62.0 Å². The molecule has 1 aliphatic carbocycles. The maximum Gasteiger partial charge on any atom is 0.407 e. The number of hydrogen-bond donors (Lipinski definition) is 2. The normalized spacial score (nSPS) is 15.5. The van der Waals surface area contributed by atoms with E-state index in [4.69, 9.17) is 14.2 Å². The molecule has 0 saturated heterocycles. The molecule has 2 aromatic heterocycles. The van der Waals surface area contributed by atoms with Crippen LogP contribution in [0.15, 0.2) is 47.8 Å². The van der Waals surface area contributed by atoms with Gasteiger partial charge in [0.25, 0.3) is 0 Å². The van der Waals surface area contributed by atoms with Gasteiger partial charge in [-0.15, -0.1) is 21.5 Å². The number of nitrogens with zero attached hydrogens (tertiary/aromatic N) is 2. The summed E-state index contributed by atoms with van der Waals surface area (Å²) in [6, 6.07) is 12.6. The highest BCUT2D eigenvalue weighted by molar-refractivity contribution is 7.17. The Kier molecular flexibility index (Phi) is 8.70. The number of benzene rings is 2. The van der Waals surface area contributed by atoms with Crippen molar-refractivity contribution in [2.24, 2.45) is 5.41 Å². The Morgan fingerprint density at radius 2 is 1.86 bits per heavy atom. The summed E-state index contributed by atoms with van der Waals surface area (Å²) in [5.74, 6) is -0.187. The molecule has 0 bridgehead atoms. The fourth-order valence-electron chi connectivity index (χ4n) is 5.16. The molecule has 1 amide bonds. The lowest BCUT2D eigenvalue weighted by molar-refractivity contribution is -0.196. The van der Waals surface area contributed by atoms with Gasteiger partial charge in [0.2, 0.25) is 0 Å². The minimum atomic E-state index is -4.39. The van der Waals surface area contributed by atoms with Crippen molar-refractivity contribution < 1.29 is 36.6 Å². The number of rotatable bonds is 11. The Morgan fingerprint density at radius 1 is 1.02 bits per heavy atom. The van der Waals surface area contributed by atoms with Gasteiger partial charge in [-0.3, -0.25) is 0 Å². The number of thiophene rings is 1. The molecule has 0 radical (unpaired) electrons. The molecule has 2 aliphatic rings. The number of alkyl carbamates (subject to hydrolysis) is 1. The number of nitrogens with one attached hydrogen (secondary N) is 2. The first kappa shape index (κ1) is 30.2. The smallest absolute Gasteiger partial charge is 0.407 e. The number of amides is 1. The second-order valence-corrected chi connectivity index (χ2v) is 11.8. The molecule has 44 heavy (non-hydrogen) atoms. The summed E-state index contributed by atoms with van der Waals surface area (Å²) in [7, 11) is 0. The van der Waals surface area contributed by atoms with Crippen LogP contribution in [-0.2, 0) is 22.4 Å². The Labute approximate surface area is 254 Å². The molecule has 6 rings (SSSR count). The lowest BCUT2D eigenvalue weighted by Crippen LogP contribution is -2.34. The Morgan fingerprint density at radius 3 is 2.68 bits per heavy atom. The maximum atomic E-state index is 14.2. The Balaban J connectivity index is 1.05. The van der Waals surface area contributed by atoms with E-state index in [1.54, 1.807) is 6.07 Å². The molecule has 2 aromatic carbocycles. The predicted molar refractivity (Wildman–Crippen MR) is 157 cm³/mol. The van der Waals surface area contributed by atoms with Crippen molar-refractivity contribution in [3.63, 3.8) is 0 Å². The third-order valence-electron chi connectivity index (χ3n) is 7.89. The standard InChI is InChI=1S/C31H30F4N4O4S/c32-22-3-4-23(25(16-22)42-13-12-41-11-10-37-29(40)43-18-30(7-8-30)31(33,34)35)27-28-24(6-14-44-28)26(38-39-27)20-1-2-21-17-36-9-5-19(21)15-20/h1-4,6,14-16,36H,5,7-13,17-18H2,(H,37,40). The van der Waals surface area contributed by atoms with E-state index in [2.05, 4.69) is 39.0 Å². The van der Waals surface area contributed by atoms with Gasteiger partial charge in [-0.25, -0.2) is 9.18 Å². The molecule has 4 aromatic rings. The quantitative estimate of drug-likeness (QED) is 0.149. The van der Waals surface area contributed by atoms with Crippen LogP contribution < -0.4 is 15.4 Å². The van der Waals surface area contributed by atoms with Crippen LogP contribution in [0, 0.1) is 11.2 Å². The second kappa shape index (κ2) is 12.7. The van der Waals surface area contributed by atoms with Gasteiger partial charge in [-0.2, -0.15) is 13.2 Å². The molecule has 2 N–H and O–H groups in total. The average Bonchev–Trinajstić information content (AvgIpc) is 3.67. The first-order valence-electron chi connectivity index (χ1n) is 14.3. The zero-order chi connectivity index (χ0) is 30.7. The highest BCUT2D eigenvalue weighted by atomic mass is 32.1. The molecule has 0 spiro atoms. The van der Waals surface area contributed by atoms with Gasteiger partial charge >= 0.3 is 12.3 Å². The Bertz CT molecular complexity index is 1660. The van der Waals surface area contributed by atoms with Gasteiger partial charge in [0.1, 0.15) is 41.6 Å². The van der Waals surface area contributed by atoms with Crippen molar-refractivity contribution in [2.45, 2.75) is 32.0 Å². The number of alkyl halides is 3. The fourth-order valence-corrected chi connectivity index (χ4v) is 6.05. The molecule has 232 valence electrons. The van der Waals surface area contributed by atoms with E-state index < -0.39 is 30.1 Å². The number of hydrogen-bond acceptors (Lipinski definition) is 8. The molecular weight excluding hydrogens is 600 g/mol. The fraction of sp³-hybridized carbons (Fsp3) is 0.387. The largest absolute Gasteiger partial charge is 0.490 e. The summed E-state index contributed by atoms with van der Waals surface area (Å²) >= 11 is 1.52. The van der Waals surface area contributed by atoms with Crippen molar-refractivity contribution in [3.05, 3.63) is 64.8 Å². The van der Waals surface area contributed by atoms with Crippen LogP contribution >= 0.6 is 11.3 Å². The number of carbonyl (C=O) groups excluding carboxylic acids is 1.